The molecule has 3 aromatic rings. The van der Waals surface area contributed by atoms with E-state index < -0.39 is 11.5 Å². The molecule has 0 spiro atoms. The smallest absolute Gasteiger partial charge is 0.274 e. The van der Waals surface area contributed by atoms with E-state index in [1.165, 1.54) is 12.1 Å². The van der Waals surface area contributed by atoms with Gasteiger partial charge in [-0.25, -0.2) is 5.48 Å². The topological polar surface area (TPSA) is 88.1 Å². The molecule has 0 bridgehead atoms. The van der Waals surface area contributed by atoms with Crippen LogP contribution in [0.25, 0.3) is 0 Å². The largest absolute Gasteiger partial charge is 0.476 e. The third-order valence-electron chi connectivity index (χ3n) is 5.03. The quantitative estimate of drug-likeness (QED) is 0.422. The Bertz CT molecular complexity index is 1180. The number of nitrogens with one attached hydrogen (secondary N) is 1. The second kappa shape index (κ2) is 8.53. The van der Waals surface area contributed by atoms with Gasteiger partial charge in [0.1, 0.15) is 17.2 Å². The van der Waals surface area contributed by atoms with E-state index in [1.807, 2.05) is 24.3 Å². The van der Waals surface area contributed by atoms with Gasteiger partial charge in [0.05, 0.1) is 12.2 Å². The van der Waals surface area contributed by atoms with Crippen molar-refractivity contribution in [3.05, 3.63) is 82.9 Å². The van der Waals surface area contributed by atoms with Gasteiger partial charge in [-0.05, 0) is 74.0 Å². The summed E-state index contributed by atoms with van der Waals surface area (Å²) in [7, 11) is 0. The van der Waals surface area contributed by atoms with Crippen molar-refractivity contribution in [2.75, 3.05) is 4.90 Å². The fourth-order valence-electron chi connectivity index (χ4n) is 3.46. The van der Waals surface area contributed by atoms with E-state index in [4.69, 9.17) is 26.3 Å². The molecule has 0 unspecified atom stereocenters. The number of carbonyl (C=O) groups is 2. The molecule has 2 amide bonds. The van der Waals surface area contributed by atoms with Crippen LogP contribution in [0.3, 0.4) is 0 Å². The van der Waals surface area contributed by atoms with Crippen LogP contribution >= 0.6 is 11.6 Å². The second-order valence-electron chi connectivity index (χ2n) is 7.83. The molecule has 2 N–H and O–H groups in total. The number of hydrogen-bond acceptors (Lipinski definition) is 5. The lowest BCUT2D eigenvalue weighted by Crippen LogP contribution is -2.52. The molecule has 0 saturated carbocycles. The fraction of sp³-hybridized carbons (Fsp3) is 0.167. The Balaban J connectivity index is 1.65. The van der Waals surface area contributed by atoms with Crippen molar-refractivity contribution in [2.45, 2.75) is 26.0 Å². The van der Waals surface area contributed by atoms with Gasteiger partial charge in [0, 0.05) is 10.6 Å². The number of benzene rings is 3. The lowest BCUT2D eigenvalue weighted by molar-refractivity contribution is -0.132. The number of nitrogens with zero attached hydrogens (tertiary/aromatic N) is 1. The number of hydrogen-bond donors (Lipinski definition) is 2. The standard InChI is InChI=1S/C24H21ClN2O5/c1-24(2)23(29)27(20-13-16(22(28)26-30)6-11-21(20)32-24)14-15-4-3-5-19(12-15)31-18-9-7-17(25)8-10-18/h3-13,30H,14H2,1-2H3,(H,26,28). The number of anilines is 1. The predicted molar refractivity (Wildman–Crippen MR) is 120 cm³/mol. The summed E-state index contributed by atoms with van der Waals surface area (Å²) in [5.74, 6) is 0.787. The third kappa shape index (κ3) is 4.39. The Morgan fingerprint density at radius 1 is 1.09 bits per heavy atom. The number of rotatable bonds is 5. The molecule has 0 saturated heterocycles. The molecular weight excluding hydrogens is 432 g/mol. The van der Waals surface area contributed by atoms with Crippen molar-refractivity contribution < 1.29 is 24.3 Å². The van der Waals surface area contributed by atoms with Gasteiger partial charge < -0.3 is 14.4 Å². The SMILES string of the molecule is CC1(C)Oc2ccc(C(=O)NO)cc2N(Cc2cccc(Oc3ccc(Cl)cc3)c2)C1=O. The van der Waals surface area contributed by atoms with Crippen LogP contribution in [0.15, 0.2) is 66.7 Å². The molecule has 164 valence electrons. The maximum Gasteiger partial charge on any atom is 0.274 e. The maximum absolute atomic E-state index is 13.2. The second-order valence-corrected chi connectivity index (χ2v) is 8.27. The van der Waals surface area contributed by atoms with Crippen LogP contribution in [-0.2, 0) is 11.3 Å². The van der Waals surface area contributed by atoms with Gasteiger partial charge >= 0.3 is 0 Å². The van der Waals surface area contributed by atoms with E-state index in [2.05, 4.69) is 0 Å². The Morgan fingerprint density at radius 3 is 2.56 bits per heavy atom. The first-order valence-corrected chi connectivity index (χ1v) is 10.3. The lowest BCUT2D eigenvalue weighted by atomic mass is 10.0. The zero-order valence-corrected chi connectivity index (χ0v) is 18.2. The van der Waals surface area contributed by atoms with E-state index in [-0.39, 0.29) is 18.0 Å². The summed E-state index contributed by atoms with van der Waals surface area (Å²) in [5, 5.41) is 9.58. The van der Waals surface area contributed by atoms with Gasteiger partial charge in [0.25, 0.3) is 11.8 Å². The van der Waals surface area contributed by atoms with Gasteiger partial charge in [0.2, 0.25) is 0 Å². The minimum atomic E-state index is -1.08. The number of fused-ring (bicyclic) bond motifs is 1. The number of amides is 2. The Hall–Kier alpha value is -3.55. The predicted octanol–water partition coefficient (Wildman–Crippen LogP) is 4.96. The molecule has 4 rings (SSSR count). The molecule has 1 aliphatic heterocycles. The number of carbonyl (C=O) groups excluding carboxylic acids is 2. The summed E-state index contributed by atoms with van der Waals surface area (Å²) >= 11 is 5.92. The first-order chi connectivity index (χ1) is 15.3. The van der Waals surface area contributed by atoms with Crippen LogP contribution in [0, 0.1) is 0 Å². The van der Waals surface area contributed by atoms with Crippen molar-refractivity contribution in [1.82, 2.24) is 5.48 Å². The molecule has 7 nitrogen and oxygen atoms in total. The summed E-state index contributed by atoms with van der Waals surface area (Å²) in [6, 6.07) is 19.1. The van der Waals surface area contributed by atoms with E-state index in [0.29, 0.717) is 28.0 Å². The molecule has 0 radical (unpaired) electrons. The van der Waals surface area contributed by atoms with Crippen molar-refractivity contribution in [1.29, 1.82) is 0 Å². The van der Waals surface area contributed by atoms with Gasteiger partial charge in [-0.2, -0.15) is 0 Å². The molecule has 32 heavy (non-hydrogen) atoms. The zero-order chi connectivity index (χ0) is 22.9. The van der Waals surface area contributed by atoms with Crippen molar-refractivity contribution >= 4 is 29.1 Å². The third-order valence-corrected chi connectivity index (χ3v) is 5.28. The van der Waals surface area contributed by atoms with E-state index in [1.54, 1.807) is 54.6 Å². The zero-order valence-electron chi connectivity index (χ0n) is 17.5. The molecule has 0 fully saturated rings. The fourth-order valence-corrected chi connectivity index (χ4v) is 3.58. The molecule has 1 aliphatic rings. The van der Waals surface area contributed by atoms with Gasteiger partial charge in [0.15, 0.2) is 5.60 Å². The monoisotopic (exact) mass is 452 g/mol. The maximum atomic E-state index is 13.2. The first-order valence-electron chi connectivity index (χ1n) is 9.89. The number of hydroxylamine groups is 1. The average molecular weight is 453 g/mol. The summed E-state index contributed by atoms with van der Waals surface area (Å²) in [6.07, 6.45) is 0. The first kappa shape index (κ1) is 21.7. The molecule has 0 aromatic heterocycles. The average Bonchev–Trinajstić information content (AvgIpc) is 2.78. The van der Waals surface area contributed by atoms with Gasteiger partial charge in [-0.15, -0.1) is 0 Å². The highest BCUT2D eigenvalue weighted by Gasteiger charge is 2.41. The molecule has 0 atom stereocenters. The number of halogens is 1. The molecule has 3 aromatic carbocycles. The van der Waals surface area contributed by atoms with Crippen LogP contribution in [0.4, 0.5) is 5.69 Å². The molecule has 8 heteroatoms. The molecule has 0 aliphatic carbocycles. The van der Waals surface area contributed by atoms with Crippen molar-refractivity contribution in [2.24, 2.45) is 0 Å². The van der Waals surface area contributed by atoms with Crippen LogP contribution in [-0.4, -0.2) is 22.6 Å². The summed E-state index contributed by atoms with van der Waals surface area (Å²) in [6.45, 7) is 3.63. The van der Waals surface area contributed by atoms with Crippen molar-refractivity contribution in [3.8, 4) is 17.2 Å². The number of ether oxygens (including phenoxy) is 2. The minimum absolute atomic E-state index is 0.201. The van der Waals surface area contributed by atoms with Crippen LogP contribution < -0.4 is 19.9 Å². The van der Waals surface area contributed by atoms with E-state index in [9.17, 15) is 9.59 Å². The Labute approximate surface area is 190 Å². The highest BCUT2D eigenvalue weighted by atomic mass is 35.5. The van der Waals surface area contributed by atoms with Crippen molar-refractivity contribution in [3.63, 3.8) is 0 Å². The van der Waals surface area contributed by atoms with Crippen LogP contribution in [0.1, 0.15) is 29.8 Å². The van der Waals surface area contributed by atoms with E-state index in [0.717, 1.165) is 5.56 Å². The van der Waals surface area contributed by atoms with E-state index >= 15 is 0 Å². The summed E-state index contributed by atoms with van der Waals surface area (Å²) in [5.41, 5.74) is 2.00. The van der Waals surface area contributed by atoms with Crippen LogP contribution in [0.5, 0.6) is 17.2 Å². The Morgan fingerprint density at radius 2 is 1.84 bits per heavy atom. The highest BCUT2D eigenvalue weighted by Crippen LogP contribution is 2.39. The lowest BCUT2D eigenvalue weighted by Gasteiger charge is -2.39. The summed E-state index contributed by atoms with van der Waals surface area (Å²) in [4.78, 5) is 26.6. The highest BCUT2D eigenvalue weighted by molar-refractivity contribution is 6.30. The molecule has 1 heterocycles. The normalized spacial score (nSPS) is 14.4. The molecular formula is C24H21ClN2O5. The summed E-state index contributed by atoms with van der Waals surface area (Å²) < 4.78 is 11.8. The minimum Gasteiger partial charge on any atom is -0.476 e. The van der Waals surface area contributed by atoms with Gasteiger partial charge in [-0.1, -0.05) is 23.7 Å². The van der Waals surface area contributed by atoms with Crippen LogP contribution in [0.2, 0.25) is 5.02 Å². The Kier molecular flexibility index (Phi) is 5.78. The van der Waals surface area contributed by atoms with Gasteiger partial charge in [-0.3, -0.25) is 14.8 Å².